The van der Waals surface area contributed by atoms with Gasteiger partial charge in [-0.05, 0) is 77.4 Å². The van der Waals surface area contributed by atoms with Crippen molar-refractivity contribution in [2.45, 2.75) is 51.9 Å². The van der Waals surface area contributed by atoms with E-state index in [0.29, 0.717) is 0 Å². The Morgan fingerprint density at radius 3 is 1.83 bits per heavy atom. The van der Waals surface area contributed by atoms with E-state index in [4.69, 9.17) is 0 Å². The van der Waals surface area contributed by atoms with Crippen LogP contribution in [0.1, 0.15) is 51.0 Å². The summed E-state index contributed by atoms with van der Waals surface area (Å²) in [5, 5.41) is 8.57. The molecule has 0 aliphatic carbocycles. The van der Waals surface area contributed by atoms with Crippen LogP contribution in [0.4, 0.5) is 11.4 Å². The summed E-state index contributed by atoms with van der Waals surface area (Å²) in [5.74, 6) is 0. The van der Waals surface area contributed by atoms with Crippen molar-refractivity contribution in [3.63, 3.8) is 0 Å². The van der Waals surface area contributed by atoms with Crippen LogP contribution in [0.3, 0.4) is 0 Å². The molecule has 2 aromatic rings. The largest absolute Gasteiger partial charge is 0.151 e. The van der Waals surface area contributed by atoms with Crippen LogP contribution < -0.4 is 0 Å². The molecule has 2 aromatic carbocycles. The molecule has 0 radical (unpaired) electrons. The van der Waals surface area contributed by atoms with Gasteiger partial charge in [0.2, 0.25) is 0 Å². The minimum Gasteiger partial charge on any atom is -0.151 e. The SMILES string of the molecule is CCCCCCCCc1ccc(N=Nc2ccc(I)cc2)cc1. The first-order valence-electron chi connectivity index (χ1n) is 8.54. The third-order valence-electron chi connectivity index (χ3n) is 3.86. The van der Waals surface area contributed by atoms with Gasteiger partial charge in [-0.3, -0.25) is 0 Å². The first-order chi connectivity index (χ1) is 11.3. The summed E-state index contributed by atoms with van der Waals surface area (Å²) in [7, 11) is 0. The van der Waals surface area contributed by atoms with Crippen molar-refractivity contribution in [3.05, 3.63) is 57.7 Å². The van der Waals surface area contributed by atoms with Crippen LogP contribution in [-0.2, 0) is 6.42 Å². The maximum absolute atomic E-state index is 4.30. The van der Waals surface area contributed by atoms with Crippen LogP contribution >= 0.6 is 22.6 Å². The molecule has 0 unspecified atom stereocenters. The van der Waals surface area contributed by atoms with Gasteiger partial charge in [-0.2, -0.15) is 10.2 Å². The molecular formula is C20H25IN2. The summed E-state index contributed by atoms with van der Waals surface area (Å²) in [5.41, 5.74) is 3.20. The van der Waals surface area contributed by atoms with Gasteiger partial charge in [0.25, 0.3) is 0 Å². The number of hydrogen-bond acceptors (Lipinski definition) is 2. The second-order valence-electron chi connectivity index (χ2n) is 5.86. The molecule has 0 aliphatic rings. The van der Waals surface area contributed by atoms with E-state index >= 15 is 0 Å². The van der Waals surface area contributed by atoms with Gasteiger partial charge in [-0.25, -0.2) is 0 Å². The normalized spacial score (nSPS) is 11.2. The maximum Gasteiger partial charge on any atom is 0.0857 e. The van der Waals surface area contributed by atoms with E-state index < -0.39 is 0 Å². The molecule has 0 bridgehead atoms. The third kappa shape index (κ3) is 7.25. The fraction of sp³-hybridized carbons (Fsp3) is 0.400. The van der Waals surface area contributed by atoms with E-state index in [1.165, 1.54) is 54.1 Å². The van der Waals surface area contributed by atoms with E-state index in [-0.39, 0.29) is 0 Å². The summed E-state index contributed by atoms with van der Waals surface area (Å²) in [6.45, 7) is 2.26. The topological polar surface area (TPSA) is 24.7 Å². The predicted molar refractivity (Wildman–Crippen MR) is 107 cm³/mol. The standard InChI is InChI=1S/C20H25IN2/c1-2-3-4-5-6-7-8-17-9-13-19(14-10-17)22-23-20-15-11-18(21)12-16-20/h9-16H,2-8H2,1H3. The van der Waals surface area contributed by atoms with Crippen molar-refractivity contribution in [3.8, 4) is 0 Å². The molecule has 0 spiro atoms. The number of rotatable bonds is 9. The highest BCUT2D eigenvalue weighted by atomic mass is 127. The molecule has 0 heterocycles. The fourth-order valence-corrected chi connectivity index (χ4v) is 2.82. The van der Waals surface area contributed by atoms with Crippen molar-refractivity contribution in [2.24, 2.45) is 10.2 Å². The lowest BCUT2D eigenvalue weighted by Crippen LogP contribution is -1.85. The number of hydrogen-bond donors (Lipinski definition) is 0. The molecule has 0 aromatic heterocycles. The van der Waals surface area contributed by atoms with Crippen LogP contribution in [-0.4, -0.2) is 0 Å². The molecule has 0 aliphatic heterocycles. The van der Waals surface area contributed by atoms with Crippen LogP contribution in [0.15, 0.2) is 58.8 Å². The number of benzene rings is 2. The number of halogens is 1. The second-order valence-corrected chi connectivity index (χ2v) is 7.11. The Kier molecular flexibility index (Phi) is 8.29. The highest BCUT2D eigenvalue weighted by Gasteiger charge is 1.96. The lowest BCUT2D eigenvalue weighted by Gasteiger charge is -2.02. The van der Waals surface area contributed by atoms with Gasteiger partial charge >= 0.3 is 0 Å². The van der Waals surface area contributed by atoms with Crippen LogP contribution in [0.25, 0.3) is 0 Å². The second kappa shape index (κ2) is 10.5. The van der Waals surface area contributed by atoms with Gasteiger partial charge in [0.1, 0.15) is 0 Å². The zero-order valence-corrected chi connectivity index (χ0v) is 16.0. The van der Waals surface area contributed by atoms with Crippen molar-refractivity contribution >= 4 is 34.0 Å². The van der Waals surface area contributed by atoms with E-state index in [1.807, 2.05) is 24.3 Å². The Labute approximate surface area is 153 Å². The molecule has 0 saturated carbocycles. The molecule has 0 saturated heterocycles. The number of nitrogens with zero attached hydrogens (tertiary/aromatic N) is 2. The Morgan fingerprint density at radius 2 is 1.22 bits per heavy atom. The Bertz CT molecular complexity index is 588. The molecule has 23 heavy (non-hydrogen) atoms. The van der Waals surface area contributed by atoms with Gasteiger partial charge in [0.05, 0.1) is 11.4 Å². The van der Waals surface area contributed by atoms with Crippen LogP contribution in [0, 0.1) is 3.57 Å². The van der Waals surface area contributed by atoms with Crippen molar-refractivity contribution < 1.29 is 0 Å². The van der Waals surface area contributed by atoms with Gasteiger partial charge in [-0.15, -0.1) is 0 Å². The molecular weight excluding hydrogens is 395 g/mol. The molecule has 122 valence electrons. The Balaban J connectivity index is 1.76. The minimum atomic E-state index is 0.890. The molecule has 0 atom stereocenters. The number of unbranched alkanes of at least 4 members (excludes halogenated alkanes) is 5. The van der Waals surface area contributed by atoms with Crippen LogP contribution in [0.5, 0.6) is 0 Å². The molecule has 0 fully saturated rings. The van der Waals surface area contributed by atoms with E-state index in [9.17, 15) is 0 Å². The van der Waals surface area contributed by atoms with Crippen LogP contribution in [0.2, 0.25) is 0 Å². The quantitative estimate of drug-likeness (QED) is 0.227. The minimum absolute atomic E-state index is 0.890. The first-order valence-corrected chi connectivity index (χ1v) is 9.62. The Hall–Kier alpha value is -1.23. The molecule has 2 nitrogen and oxygen atoms in total. The van der Waals surface area contributed by atoms with Crippen molar-refractivity contribution in [2.75, 3.05) is 0 Å². The number of aryl methyl sites for hydroxylation is 1. The number of azo groups is 1. The third-order valence-corrected chi connectivity index (χ3v) is 4.58. The van der Waals surface area contributed by atoms with Gasteiger partial charge < -0.3 is 0 Å². The average Bonchev–Trinajstić information content (AvgIpc) is 2.58. The zero-order valence-electron chi connectivity index (χ0n) is 13.8. The summed E-state index contributed by atoms with van der Waals surface area (Å²) >= 11 is 2.29. The monoisotopic (exact) mass is 420 g/mol. The van der Waals surface area contributed by atoms with Gasteiger partial charge in [0.15, 0.2) is 0 Å². The van der Waals surface area contributed by atoms with Crippen molar-refractivity contribution in [1.82, 2.24) is 0 Å². The molecule has 3 heteroatoms. The molecule has 2 rings (SSSR count). The smallest absolute Gasteiger partial charge is 0.0857 e. The first kappa shape index (κ1) is 18.1. The Morgan fingerprint density at radius 1 is 0.696 bits per heavy atom. The van der Waals surface area contributed by atoms with E-state index in [0.717, 1.165) is 11.4 Å². The lowest BCUT2D eigenvalue weighted by atomic mass is 10.0. The van der Waals surface area contributed by atoms with Crippen molar-refractivity contribution in [1.29, 1.82) is 0 Å². The summed E-state index contributed by atoms with van der Waals surface area (Å²) in [6, 6.07) is 16.5. The molecule has 0 amide bonds. The average molecular weight is 420 g/mol. The summed E-state index contributed by atoms with van der Waals surface area (Å²) in [4.78, 5) is 0. The summed E-state index contributed by atoms with van der Waals surface area (Å²) < 4.78 is 1.21. The lowest BCUT2D eigenvalue weighted by molar-refractivity contribution is 0.607. The highest BCUT2D eigenvalue weighted by Crippen LogP contribution is 2.20. The highest BCUT2D eigenvalue weighted by molar-refractivity contribution is 14.1. The zero-order chi connectivity index (χ0) is 16.3. The van der Waals surface area contributed by atoms with Gasteiger partial charge in [-0.1, -0.05) is 51.2 Å². The van der Waals surface area contributed by atoms with E-state index in [1.54, 1.807) is 0 Å². The van der Waals surface area contributed by atoms with E-state index in [2.05, 4.69) is 64.0 Å². The molecule has 0 N–H and O–H groups in total. The predicted octanol–water partition coefficient (Wildman–Crippen LogP) is 7.61. The fourth-order valence-electron chi connectivity index (χ4n) is 2.46. The maximum atomic E-state index is 4.30. The summed E-state index contributed by atoms with van der Waals surface area (Å²) in [6.07, 6.45) is 9.24. The van der Waals surface area contributed by atoms with Gasteiger partial charge in [0, 0.05) is 3.57 Å².